The highest BCUT2D eigenvalue weighted by Crippen LogP contribution is 2.32. The van der Waals surface area contributed by atoms with Crippen LogP contribution in [0.5, 0.6) is 0 Å². The van der Waals surface area contributed by atoms with Gasteiger partial charge >= 0.3 is 0 Å². The third-order valence-corrected chi connectivity index (χ3v) is 2.63. The summed E-state index contributed by atoms with van der Waals surface area (Å²) in [5.41, 5.74) is 0. The number of ether oxygens (including phenoxy) is 1. The highest BCUT2D eigenvalue weighted by atomic mass is 32.1. The Morgan fingerprint density at radius 1 is 1.08 bits per heavy atom. The molecule has 12 heavy (non-hydrogen) atoms. The van der Waals surface area contributed by atoms with E-state index in [0.29, 0.717) is 0 Å². The Balaban J connectivity index is 1.65. The van der Waals surface area contributed by atoms with Gasteiger partial charge in [0.15, 0.2) is 0 Å². The molecule has 1 saturated carbocycles. The van der Waals surface area contributed by atoms with E-state index in [1.165, 1.54) is 38.5 Å². The van der Waals surface area contributed by atoms with Crippen LogP contribution in [0.15, 0.2) is 0 Å². The van der Waals surface area contributed by atoms with Crippen LogP contribution in [0, 0.1) is 5.92 Å². The Bertz CT molecular complexity index is 102. The summed E-state index contributed by atoms with van der Waals surface area (Å²) in [6.07, 6.45) is 7.91. The summed E-state index contributed by atoms with van der Waals surface area (Å²) >= 11 is 4.16. The smallest absolute Gasteiger partial charge is 0.0468 e. The van der Waals surface area contributed by atoms with E-state index in [0.717, 1.165) is 24.9 Å². The predicted molar refractivity (Wildman–Crippen MR) is 55.9 cm³/mol. The van der Waals surface area contributed by atoms with E-state index in [-0.39, 0.29) is 0 Å². The molecule has 0 saturated heterocycles. The second kappa shape index (κ2) is 6.79. The fraction of sp³-hybridized carbons (Fsp3) is 1.00. The van der Waals surface area contributed by atoms with E-state index in [9.17, 15) is 0 Å². The van der Waals surface area contributed by atoms with E-state index in [1.807, 2.05) is 0 Å². The molecule has 1 aliphatic carbocycles. The summed E-state index contributed by atoms with van der Waals surface area (Å²) in [7, 11) is 0. The van der Waals surface area contributed by atoms with Gasteiger partial charge < -0.3 is 4.74 Å². The van der Waals surface area contributed by atoms with E-state index in [4.69, 9.17) is 4.74 Å². The first-order valence-corrected chi connectivity index (χ1v) is 5.75. The second-order valence-electron chi connectivity index (χ2n) is 3.63. The molecule has 0 aromatic rings. The standard InChI is InChI=1S/C10H20OS/c12-9-3-1-2-7-11-8-6-10-4-5-10/h10,12H,1-9H2. The first-order valence-electron chi connectivity index (χ1n) is 5.12. The van der Waals surface area contributed by atoms with Gasteiger partial charge in [-0.25, -0.2) is 0 Å². The molecule has 0 spiro atoms. The highest BCUT2D eigenvalue weighted by molar-refractivity contribution is 7.80. The van der Waals surface area contributed by atoms with E-state index < -0.39 is 0 Å². The van der Waals surface area contributed by atoms with Crippen LogP contribution in [-0.4, -0.2) is 19.0 Å². The molecule has 0 aliphatic heterocycles. The molecule has 0 aromatic carbocycles. The van der Waals surface area contributed by atoms with Crippen LogP contribution in [0.2, 0.25) is 0 Å². The molecule has 0 aromatic heterocycles. The van der Waals surface area contributed by atoms with Crippen molar-refractivity contribution in [3.05, 3.63) is 0 Å². The maximum atomic E-state index is 5.51. The Hall–Kier alpha value is 0.310. The van der Waals surface area contributed by atoms with Crippen molar-refractivity contribution in [1.82, 2.24) is 0 Å². The van der Waals surface area contributed by atoms with E-state index >= 15 is 0 Å². The van der Waals surface area contributed by atoms with Gasteiger partial charge in [-0.15, -0.1) is 0 Å². The molecule has 0 amide bonds. The summed E-state index contributed by atoms with van der Waals surface area (Å²) in [6.45, 7) is 1.95. The van der Waals surface area contributed by atoms with Crippen LogP contribution in [0.1, 0.15) is 38.5 Å². The van der Waals surface area contributed by atoms with Crippen LogP contribution in [-0.2, 0) is 4.74 Å². The lowest BCUT2D eigenvalue weighted by molar-refractivity contribution is 0.124. The van der Waals surface area contributed by atoms with Gasteiger partial charge in [-0.1, -0.05) is 19.3 Å². The maximum absolute atomic E-state index is 5.51. The van der Waals surface area contributed by atoms with E-state index in [2.05, 4.69) is 12.6 Å². The van der Waals surface area contributed by atoms with Gasteiger partial charge in [0.1, 0.15) is 0 Å². The summed E-state index contributed by atoms with van der Waals surface area (Å²) in [5.74, 6) is 2.03. The Morgan fingerprint density at radius 2 is 1.92 bits per heavy atom. The van der Waals surface area contributed by atoms with Crippen LogP contribution in [0.3, 0.4) is 0 Å². The zero-order valence-corrected chi connectivity index (χ0v) is 8.69. The minimum absolute atomic E-state index is 0.959. The molecule has 0 atom stereocenters. The van der Waals surface area contributed by atoms with Gasteiger partial charge in [-0.05, 0) is 30.9 Å². The zero-order valence-electron chi connectivity index (χ0n) is 7.80. The number of hydrogen-bond acceptors (Lipinski definition) is 2. The van der Waals surface area contributed by atoms with Crippen LogP contribution in [0.25, 0.3) is 0 Å². The topological polar surface area (TPSA) is 9.23 Å². The third-order valence-electron chi connectivity index (χ3n) is 2.31. The SMILES string of the molecule is SCCCCCOCCC1CC1. The molecular weight excluding hydrogens is 168 g/mol. The zero-order chi connectivity index (χ0) is 8.65. The molecule has 1 fully saturated rings. The largest absolute Gasteiger partial charge is 0.381 e. The van der Waals surface area contributed by atoms with Crippen molar-refractivity contribution in [3.63, 3.8) is 0 Å². The monoisotopic (exact) mass is 188 g/mol. The van der Waals surface area contributed by atoms with Gasteiger partial charge in [0, 0.05) is 13.2 Å². The van der Waals surface area contributed by atoms with Gasteiger partial charge in [-0.2, -0.15) is 12.6 Å². The van der Waals surface area contributed by atoms with Crippen LogP contribution >= 0.6 is 12.6 Å². The van der Waals surface area contributed by atoms with E-state index in [1.54, 1.807) is 0 Å². The van der Waals surface area contributed by atoms with Gasteiger partial charge in [-0.3, -0.25) is 0 Å². The fourth-order valence-corrected chi connectivity index (χ4v) is 1.47. The molecule has 2 heteroatoms. The normalized spacial score (nSPS) is 16.8. The average Bonchev–Trinajstić information content (AvgIpc) is 2.87. The molecular formula is C10H20OS. The van der Waals surface area contributed by atoms with Crippen LogP contribution < -0.4 is 0 Å². The third kappa shape index (κ3) is 5.90. The molecule has 0 bridgehead atoms. The first-order chi connectivity index (χ1) is 5.93. The van der Waals surface area contributed by atoms with Crippen molar-refractivity contribution in [2.75, 3.05) is 19.0 Å². The van der Waals surface area contributed by atoms with Crippen molar-refractivity contribution in [2.45, 2.75) is 38.5 Å². The Kier molecular flexibility index (Phi) is 5.88. The lowest BCUT2D eigenvalue weighted by atomic mass is 10.2. The fourth-order valence-electron chi connectivity index (χ4n) is 1.25. The van der Waals surface area contributed by atoms with Gasteiger partial charge in [0.2, 0.25) is 0 Å². The number of rotatable bonds is 8. The van der Waals surface area contributed by atoms with Gasteiger partial charge in [0.25, 0.3) is 0 Å². The minimum Gasteiger partial charge on any atom is -0.381 e. The minimum atomic E-state index is 0.959. The Labute approximate surface area is 81.3 Å². The molecule has 0 heterocycles. The quantitative estimate of drug-likeness (QED) is 0.455. The summed E-state index contributed by atoms with van der Waals surface area (Å²) in [5, 5.41) is 0. The van der Waals surface area contributed by atoms with Crippen LogP contribution in [0.4, 0.5) is 0 Å². The average molecular weight is 188 g/mol. The second-order valence-corrected chi connectivity index (χ2v) is 4.08. The molecule has 1 rings (SSSR count). The molecule has 1 nitrogen and oxygen atoms in total. The molecule has 0 N–H and O–H groups in total. The summed E-state index contributed by atoms with van der Waals surface area (Å²) < 4.78 is 5.51. The van der Waals surface area contributed by atoms with Crippen molar-refractivity contribution >= 4 is 12.6 Å². The number of hydrogen-bond donors (Lipinski definition) is 1. The van der Waals surface area contributed by atoms with Crippen molar-refractivity contribution < 1.29 is 4.74 Å². The van der Waals surface area contributed by atoms with Gasteiger partial charge in [0.05, 0.1) is 0 Å². The number of thiol groups is 1. The molecule has 1 aliphatic rings. The predicted octanol–water partition coefficient (Wildman–Crippen LogP) is 2.90. The highest BCUT2D eigenvalue weighted by Gasteiger charge is 2.20. The maximum Gasteiger partial charge on any atom is 0.0468 e. The van der Waals surface area contributed by atoms with Crippen molar-refractivity contribution in [1.29, 1.82) is 0 Å². The molecule has 72 valence electrons. The lowest BCUT2D eigenvalue weighted by Crippen LogP contribution is -1.97. The Morgan fingerprint density at radius 3 is 2.58 bits per heavy atom. The number of unbranched alkanes of at least 4 members (excludes halogenated alkanes) is 2. The molecule has 0 unspecified atom stereocenters. The molecule has 0 radical (unpaired) electrons. The lowest BCUT2D eigenvalue weighted by Gasteiger charge is -2.02. The summed E-state index contributed by atoms with van der Waals surface area (Å²) in [4.78, 5) is 0. The summed E-state index contributed by atoms with van der Waals surface area (Å²) in [6, 6.07) is 0. The van der Waals surface area contributed by atoms with Crippen molar-refractivity contribution in [2.24, 2.45) is 5.92 Å². The van der Waals surface area contributed by atoms with Crippen molar-refractivity contribution in [3.8, 4) is 0 Å². The first kappa shape index (κ1) is 10.4.